The predicted molar refractivity (Wildman–Crippen MR) is 87.3 cm³/mol. The van der Waals surface area contributed by atoms with E-state index in [4.69, 9.17) is 0 Å². The van der Waals surface area contributed by atoms with Crippen molar-refractivity contribution in [2.24, 2.45) is 11.8 Å². The van der Waals surface area contributed by atoms with Crippen LogP contribution < -0.4 is 4.90 Å². The highest BCUT2D eigenvalue weighted by atomic mass is 19.4. The molecular weight excluding hydrogens is 349 g/mol. The Labute approximate surface area is 149 Å². The zero-order valence-electron chi connectivity index (χ0n) is 14.5. The highest BCUT2D eigenvalue weighted by Crippen LogP contribution is 2.30. The van der Waals surface area contributed by atoms with E-state index in [9.17, 15) is 22.8 Å². The van der Waals surface area contributed by atoms with Gasteiger partial charge in [0, 0.05) is 56.8 Å². The average Bonchev–Trinajstić information content (AvgIpc) is 2.56. The van der Waals surface area contributed by atoms with Crippen LogP contribution >= 0.6 is 0 Å². The first-order valence-corrected chi connectivity index (χ1v) is 8.66. The molecule has 0 unspecified atom stereocenters. The smallest absolute Gasteiger partial charge is 0.342 e. The predicted octanol–water partition coefficient (Wildman–Crippen LogP) is 2.15. The molecule has 0 saturated carbocycles. The number of hydrogen-bond acceptors (Lipinski definition) is 5. The maximum atomic E-state index is 12.6. The Morgan fingerprint density at radius 3 is 2.23 bits per heavy atom. The summed E-state index contributed by atoms with van der Waals surface area (Å²) in [4.78, 5) is 34.8. The molecule has 6 nitrogen and oxygen atoms in total. The Bertz CT molecular complexity index is 664. The lowest BCUT2D eigenvalue weighted by atomic mass is 9.89. The number of anilines is 1. The first-order chi connectivity index (χ1) is 12.2. The second kappa shape index (κ2) is 7.20. The molecule has 0 atom stereocenters. The number of hydrogen-bond donors (Lipinski definition) is 0. The van der Waals surface area contributed by atoms with Gasteiger partial charge in [-0.2, -0.15) is 13.2 Å². The summed E-state index contributed by atoms with van der Waals surface area (Å²) in [5, 5.41) is 0. The molecule has 2 fully saturated rings. The minimum absolute atomic E-state index is 0.0843. The van der Waals surface area contributed by atoms with Crippen LogP contribution in [0.15, 0.2) is 12.4 Å². The first kappa shape index (κ1) is 18.6. The zero-order valence-corrected chi connectivity index (χ0v) is 14.5. The minimum atomic E-state index is -4.45. The summed E-state index contributed by atoms with van der Waals surface area (Å²) in [5.74, 6) is 0.704. The molecular formula is C17H21F3N4O2. The van der Waals surface area contributed by atoms with Gasteiger partial charge in [-0.15, -0.1) is 0 Å². The number of likely N-dealkylation sites (tertiary alicyclic amines) is 1. The summed E-state index contributed by atoms with van der Waals surface area (Å²) in [5.41, 5.74) is -0.871. The van der Waals surface area contributed by atoms with Crippen molar-refractivity contribution in [1.29, 1.82) is 0 Å². The van der Waals surface area contributed by atoms with Crippen molar-refractivity contribution >= 4 is 17.6 Å². The number of amides is 1. The highest BCUT2D eigenvalue weighted by molar-refractivity contribution is 5.81. The highest BCUT2D eigenvalue weighted by Gasteiger charge is 2.36. The fourth-order valence-corrected chi connectivity index (χ4v) is 3.50. The number of aromatic nitrogens is 2. The molecule has 0 radical (unpaired) electrons. The number of nitrogens with zero attached hydrogens (tertiary/aromatic N) is 4. The number of carbonyl (C=O) groups is 2. The third-order valence-corrected chi connectivity index (χ3v) is 4.94. The second-order valence-corrected chi connectivity index (χ2v) is 7.05. The van der Waals surface area contributed by atoms with Crippen molar-refractivity contribution in [3.8, 4) is 0 Å². The van der Waals surface area contributed by atoms with Gasteiger partial charge in [0.1, 0.15) is 5.78 Å². The van der Waals surface area contributed by atoms with Gasteiger partial charge in [-0.1, -0.05) is 0 Å². The molecule has 1 aromatic heterocycles. The Hall–Kier alpha value is -2.19. The number of alkyl halides is 3. The summed E-state index contributed by atoms with van der Waals surface area (Å²) in [6, 6.07) is 0. The second-order valence-electron chi connectivity index (χ2n) is 7.05. The molecule has 142 valence electrons. The van der Waals surface area contributed by atoms with Crippen molar-refractivity contribution in [3.05, 3.63) is 18.0 Å². The molecule has 0 aliphatic carbocycles. The van der Waals surface area contributed by atoms with Crippen LogP contribution in [-0.2, 0) is 15.8 Å². The van der Waals surface area contributed by atoms with Gasteiger partial charge in [0.05, 0.1) is 5.56 Å². The molecule has 2 aliphatic rings. The van der Waals surface area contributed by atoms with Crippen LogP contribution in [0.3, 0.4) is 0 Å². The molecule has 0 N–H and O–H groups in total. The zero-order chi connectivity index (χ0) is 18.9. The molecule has 2 saturated heterocycles. The Kier molecular flexibility index (Phi) is 5.15. The maximum absolute atomic E-state index is 12.6. The van der Waals surface area contributed by atoms with Crippen LogP contribution in [-0.4, -0.2) is 52.7 Å². The van der Waals surface area contributed by atoms with Crippen molar-refractivity contribution < 1.29 is 22.8 Å². The standard InChI is InChI=1S/C17H21F3N4O2/c1-11(25)6-12-9-24(10-12)15(26)13-2-4-23(5-3-13)16-21-7-14(8-22-16)17(18,19)20/h7-8,12-13H,2-6,9-10H2,1H3. The molecule has 1 aromatic rings. The van der Waals surface area contributed by atoms with E-state index >= 15 is 0 Å². The van der Waals surface area contributed by atoms with Crippen LogP contribution in [0.4, 0.5) is 19.1 Å². The molecule has 0 bridgehead atoms. The summed E-state index contributed by atoms with van der Waals surface area (Å²) < 4.78 is 37.7. The lowest BCUT2D eigenvalue weighted by Gasteiger charge is -2.42. The lowest BCUT2D eigenvalue weighted by Crippen LogP contribution is -2.53. The van der Waals surface area contributed by atoms with E-state index in [0.29, 0.717) is 45.4 Å². The molecule has 3 rings (SSSR count). The Morgan fingerprint density at radius 1 is 1.15 bits per heavy atom. The largest absolute Gasteiger partial charge is 0.419 e. The van der Waals surface area contributed by atoms with Gasteiger partial charge in [-0.05, 0) is 19.8 Å². The molecule has 0 spiro atoms. The van der Waals surface area contributed by atoms with E-state index in [0.717, 1.165) is 12.4 Å². The Balaban J connectivity index is 1.48. The molecule has 9 heteroatoms. The number of ketones is 1. The van der Waals surface area contributed by atoms with Crippen LogP contribution in [0.1, 0.15) is 31.7 Å². The summed E-state index contributed by atoms with van der Waals surface area (Å²) in [6.07, 6.45) is -1.11. The van der Waals surface area contributed by atoms with Crippen molar-refractivity contribution in [1.82, 2.24) is 14.9 Å². The Morgan fingerprint density at radius 2 is 1.73 bits per heavy atom. The fourth-order valence-electron chi connectivity index (χ4n) is 3.50. The maximum Gasteiger partial charge on any atom is 0.419 e. The molecule has 1 amide bonds. The quantitative estimate of drug-likeness (QED) is 0.813. The monoisotopic (exact) mass is 370 g/mol. The molecule has 3 heterocycles. The van der Waals surface area contributed by atoms with E-state index in [-0.39, 0.29) is 29.5 Å². The summed E-state index contributed by atoms with van der Waals surface area (Å²) >= 11 is 0. The van der Waals surface area contributed by atoms with E-state index in [2.05, 4.69) is 9.97 Å². The number of Topliss-reactive ketones (excluding diaryl/α,β-unsaturated/α-hetero) is 1. The number of carbonyl (C=O) groups excluding carboxylic acids is 2. The third kappa shape index (κ3) is 4.13. The van der Waals surface area contributed by atoms with Crippen LogP contribution in [0, 0.1) is 11.8 Å². The van der Waals surface area contributed by atoms with Crippen LogP contribution in [0.25, 0.3) is 0 Å². The van der Waals surface area contributed by atoms with Gasteiger partial charge in [0.2, 0.25) is 11.9 Å². The van der Waals surface area contributed by atoms with Gasteiger partial charge < -0.3 is 14.6 Å². The average molecular weight is 370 g/mol. The van der Waals surface area contributed by atoms with E-state index in [1.807, 2.05) is 0 Å². The van der Waals surface area contributed by atoms with Crippen molar-refractivity contribution in [2.75, 3.05) is 31.1 Å². The number of piperidine rings is 1. The first-order valence-electron chi connectivity index (χ1n) is 8.66. The van der Waals surface area contributed by atoms with E-state index in [1.165, 1.54) is 0 Å². The third-order valence-electron chi connectivity index (χ3n) is 4.94. The topological polar surface area (TPSA) is 66.4 Å². The van der Waals surface area contributed by atoms with Gasteiger partial charge in [-0.3, -0.25) is 4.79 Å². The molecule has 0 aromatic carbocycles. The summed E-state index contributed by atoms with van der Waals surface area (Å²) in [7, 11) is 0. The van der Waals surface area contributed by atoms with Gasteiger partial charge in [-0.25, -0.2) is 9.97 Å². The number of halogens is 3. The number of rotatable bonds is 4. The minimum Gasteiger partial charge on any atom is -0.342 e. The molecule has 26 heavy (non-hydrogen) atoms. The van der Waals surface area contributed by atoms with Gasteiger partial charge in [0.25, 0.3) is 0 Å². The van der Waals surface area contributed by atoms with Crippen molar-refractivity contribution in [3.63, 3.8) is 0 Å². The van der Waals surface area contributed by atoms with E-state index in [1.54, 1.807) is 16.7 Å². The van der Waals surface area contributed by atoms with Crippen LogP contribution in [0.5, 0.6) is 0 Å². The lowest BCUT2D eigenvalue weighted by molar-refractivity contribution is -0.144. The normalized spacial score (nSPS) is 19.4. The van der Waals surface area contributed by atoms with Gasteiger partial charge >= 0.3 is 6.18 Å². The van der Waals surface area contributed by atoms with Crippen LogP contribution in [0.2, 0.25) is 0 Å². The fraction of sp³-hybridized carbons (Fsp3) is 0.647. The van der Waals surface area contributed by atoms with E-state index < -0.39 is 11.7 Å². The SMILES string of the molecule is CC(=O)CC1CN(C(=O)C2CCN(c3ncc(C(F)(F)F)cn3)CC2)C1. The molecule has 2 aliphatic heterocycles. The van der Waals surface area contributed by atoms with Crippen molar-refractivity contribution in [2.45, 2.75) is 32.4 Å². The summed E-state index contributed by atoms with van der Waals surface area (Å²) in [6.45, 7) is 3.91. The van der Waals surface area contributed by atoms with Gasteiger partial charge in [0.15, 0.2) is 0 Å².